The zero-order valence-corrected chi connectivity index (χ0v) is 16.1. The lowest BCUT2D eigenvalue weighted by molar-refractivity contribution is -0.119. The molecule has 2 amide bonds. The number of hydrogen-bond acceptors (Lipinski definition) is 2. The molecule has 0 radical (unpaired) electrons. The fraction of sp³-hybridized carbons (Fsp3) is 0.130. The summed E-state index contributed by atoms with van der Waals surface area (Å²) in [6.45, 7) is 2.16. The molecule has 0 fully saturated rings. The van der Waals surface area contributed by atoms with E-state index in [0.717, 1.165) is 16.9 Å². The van der Waals surface area contributed by atoms with Crippen molar-refractivity contribution >= 4 is 34.8 Å². The molecule has 0 saturated carbocycles. The lowest BCUT2D eigenvalue weighted by Crippen LogP contribution is -2.54. The van der Waals surface area contributed by atoms with Crippen LogP contribution in [0.5, 0.6) is 0 Å². The van der Waals surface area contributed by atoms with Crippen LogP contribution in [0.1, 0.15) is 22.8 Å². The predicted octanol–water partition coefficient (Wildman–Crippen LogP) is 4.92. The van der Waals surface area contributed by atoms with Gasteiger partial charge in [-0.05, 0) is 48.9 Å². The number of anilines is 2. The molecule has 3 aromatic rings. The van der Waals surface area contributed by atoms with Gasteiger partial charge in [0.25, 0.3) is 5.91 Å². The molecule has 28 heavy (non-hydrogen) atoms. The number of amides is 2. The van der Waals surface area contributed by atoms with E-state index in [1.807, 2.05) is 60.7 Å². The zero-order valence-electron chi connectivity index (χ0n) is 15.4. The van der Waals surface area contributed by atoms with Crippen LogP contribution in [0, 0.1) is 0 Å². The van der Waals surface area contributed by atoms with E-state index in [0.29, 0.717) is 17.1 Å². The van der Waals surface area contributed by atoms with Gasteiger partial charge >= 0.3 is 0 Å². The molecule has 0 aromatic heterocycles. The number of nitrogens with zero attached hydrogens (tertiary/aromatic N) is 2. The van der Waals surface area contributed by atoms with Crippen molar-refractivity contribution in [2.75, 3.05) is 9.80 Å². The average Bonchev–Trinajstić information content (AvgIpc) is 2.72. The molecular weight excluding hydrogens is 372 g/mol. The first kappa shape index (κ1) is 18.3. The molecule has 0 bridgehead atoms. The molecule has 0 N–H and O–H groups in total. The summed E-state index contributed by atoms with van der Waals surface area (Å²) in [5.74, 6) is -0.306. The summed E-state index contributed by atoms with van der Waals surface area (Å²) in [5, 5.41) is 0.629. The summed E-state index contributed by atoms with van der Waals surface area (Å²) in [5.41, 5.74) is 2.94. The number of rotatable bonds is 3. The Morgan fingerprint density at radius 3 is 2.32 bits per heavy atom. The molecule has 1 aliphatic rings. The second kappa shape index (κ2) is 7.49. The number of hydrogen-bond donors (Lipinski definition) is 0. The Bertz CT molecular complexity index is 1040. The van der Waals surface area contributed by atoms with Gasteiger partial charge in [0.2, 0.25) is 5.91 Å². The minimum atomic E-state index is -0.609. The van der Waals surface area contributed by atoms with Crippen LogP contribution < -0.4 is 9.80 Å². The first-order valence-corrected chi connectivity index (χ1v) is 9.47. The van der Waals surface area contributed by atoms with Gasteiger partial charge < -0.3 is 4.90 Å². The number of benzene rings is 3. The molecule has 0 aliphatic carbocycles. The predicted molar refractivity (Wildman–Crippen MR) is 112 cm³/mol. The Morgan fingerprint density at radius 2 is 1.61 bits per heavy atom. The van der Waals surface area contributed by atoms with Crippen molar-refractivity contribution in [3.63, 3.8) is 0 Å². The van der Waals surface area contributed by atoms with Gasteiger partial charge in [0, 0.05) is 10.6 Å². The first-order chi connectivity index (χ1) is 13.6. The Kier molecular flexibility index (Phi) is 4.88. The highest BCUT2D eigenvalue weighted by Gasteiger charge is 2.38. The summed E-state index contributed by atoms with van der Waals surface area (Å²) in [6.07, 6.45) is 0. The van der Waals surface area contributed by atoms with Crippen molar-refractivity contribution in [1.82, 2.24) is 0 Å². The van der Waals surface area contributed by atoms with Crippen molar-refractivity contribution in [3.8, 4) is 0 Å². The van der Waals surface area contributed by atoms with Crippen molar-refractivity contribution < 1.29 is 9.59 Å². The van der Waals surface area contributed by atoms with E-state index in [9.17, 15) is 9.59 Å². The number of carbonyl (C=O) groups is 2. The lowest BCUT2D eigenvalue weighted by Gasteiger charge is -2.40. The third-order valence-corrected chi connectivity index (χ3v) is 5.15. The third-order valence-electron chi connectivity index (χ3n) is 4.91. The van der Waals surface area contributed by atoms with E-state index in [1.54, 1.807) is 34.9 Å². The van der Waals surface area contributed by atoms with E-state index in [-0.39, 0.29) is 11.8 Å². The van der Waals surface area contributed by atoms with Gasteiger partial charge in [-0.25, -0.2) is 0 Å². The summed E-state index contributed by atoms with van der Waals surface area (Å²) >= 11 is 6.10. The van der Waals surface area contributed by atoms with E-state index in [2.05, 4.69) is 0 Å². The van der Waals surface area contributed by atoms with E-state index >= 15 is 0 Å². The topological polar surface area (TPSA) is 40.6 Å². The molecule has 5 heteroatoms. The highest BCUT2D eigenvalue weighted by molar-refractivity contribution is 6.30. The van der Waals surface area contributed by atoms with Crippen molar-refractivity contribution in [2.45, 2.75) is 19.5 Å². The van der Waals surface area contributed by atoms with E-state index < -0.39 is 6.04 Å². The molecule has 3 aromatic carbocycles. The Hall–Kier alpha value is -3.11. The summed E-state index contributed by atoms with van der Waals surface area (Å²) < 4.78 is 0. The van der Waals surface area contributed by atoms with E-state index in [4.69, 9.17) is 11.6 Å². The largest absolute Gasteiger partial charge is 0.304 e. The fourth-order valence-corrected chi connectivity index (χ4v) is 3.76. The van der Waals surface area contributed by atoms with Gasteiger partial charge in [-0.1, -0.05) is 54.1 Å². The van der Waals surface area contributed by atoms with Crippen LogP contribution in [0.3, 0.4) is 0 Å². The van der Waals surface area contributed by atoms with Crippen LogP contribution in [0.4, 0.5) is 11.4 Å². The van der Waals surface area contributed by atoms with Crippen molar-refractivity contribution in [1.29, 1.82) is 0 Å². The maximum absolute atomic E-state index is 13.2. The molecule has 0 saturated heterocycles. The SMILES string of the molecule is C[C@@H]1C(=O)N(Cc2cccc(Cl)c2)c2ccccc2N1C(=O)c1ccccc1. The molecule has 1 aliphatic heterocycles. The highest BCUT2D eigenvalue weighted by Crippen LogP contribution is 2.37. The molecular formula is C23H19ClN2O2. The summed E-state index contributed by atoms with van der Waals surface area (Å²) in [7, 11) is 0. The highest BCUT2D eigenvalue weighted by atomic mass is 35.5. The Labute approximate surface area is 169 Å². The standard InChI is InChI=1S/C23H19ClN2O2/c1-16-22(27)25(15-17-8-7-11-19(24)14-17)20-12-5-6-13-21(20)26(16)23(28)18-9-3-2-4-10-18/h2-14,16H,15H2,1H3/t16-/m1/s1. The van der Waals surface area contributed by atoms with Crippen LogP contribution in [0.2, 0.25) is 5.02 Å². The molecule has 4 nitrogen and oxygen atoms in total. The fourth-order valence-electron chi connectivity index (χ4n) is 3.55. The van der Waals surface area contributed by atoms with Gasteiger partial charge in [0.1, 0.15) is 6.04 Å². The second-order valence-corrected chi connectivity index (χ2v) is 7.20. The number of fused-ring (bicyclic) bond motifs is 1. The molecule has 1 heterocycles. The zero-order chi connectivity index (χ0) is 19.7. The number of halogens is 1. The number of para-hydroxylation sites is 2. The summed E-state index contributed by atoms with van der Waals surface area (Å²) in [6, 6.07) is 23.4. The van der Waals surface area contributed by atoms with Gasteiger partial charge in [-0.2, -0.15) is 0 Å². The van der Waals surface area contributed by atoms with Crippen LogP contribution in [0.15, 0.2) is 78.9 Å². The quantitative estimate of drug-likeness (QED) is 0.636. The maximum Gasteiger partial charge on any atom is 0.259 e. The van der Waals surface area contributed by atoms with Crippen LogP contribution in [-0.2, 0) is 11.3 Å². The molecule has 0 spiro atoms. The molecule has 140 valence electrons. The van der Waals surface area contributed by atoms with Crippen LogP contribution in [0.25, 0.3) is 0 Å². The van der Waals surface area contributed by atoms with Gasteiger partial charge in [0.15, 0.2) is 0 Å². The Balaban J connectivity index is 1.75. The monoisotopic (exact) mass is 390 g/mol. The minimum absolute atomic E-state index is 0.122. The molecule has 4 rings (SSSR count). The minimum Gasteiger partial charge on any atom is -0.304 e. The average molecular weight is 391 g/mol. The molecule has 1 atom stereocenters. The summed E-state index contributed by atoms with van der Waals surface area (Å²) in [4.78, 5) is 29.7. The van der Waals surface area contributed by atoms with Crippen LogP contribution in [-0.4, -0.2) is 17.9 Å². The van der Waals surface area contributed by atoms with Gasteiger partial charge in [0.05, 0.1) is 17.9 Å². The van der Waals surface area contributed by atoms with E-state index in [1.165, 1.54) is 0 Å². The third kappa shape index (κ3) is 3.27. The van der Waals surface area contributed by atoms with Crippen molar-refractivity contribution in [3.05, 3.63) is 95.0 Å². The first-order valence-electron chi connectivity index (χ1n) is 9.10. The maximum atomic E-state index is 13.2. The van der Waals surface area contributed by atoms with Crippen molar-refractivity contribution in [2.24, 2.45) is 0 Å². The van der Waals surface area contributed by atoms with Crippen LogP contribution >= 0.6 is 11.6 Å². The van der Waals surface area contributed by atoms with Gasteiger partial charge in [-0.15, -0.1) is 0 Å². The molecule has 0 unspecified atom stereocenters. The normalized spacial score (nSPS) is 16.1. The second-order valence-electron chi connectivity index (χ2n) is 6.76. The lowest BCUT2D eigenvalue weighted by atomic mass is 10.0. The smallest absolute Gasteiger partial charge is 0.259 e. The van der Waals surface area contributed by atoms with Gasteiger partial charge in [-0.3, -0.25) is 14.5 Å². The number of carbonyl (C=O) groups excluding carboxylic acids is 2. The Morgan fingerprint density at radius 1 is 0.929 bits per heavy atom.